The van der Waals surface area contributed by atoms with Crippen molar-refractivity contribution in [3.05, 3.63) is 86.1 Å². The van der Waals surface area contributed by atoms with Gasteiger partial charge in [-0.15, -0.1) is 11.8 Å². The molecule has 0 unspecified atom stereocenters. The van der Waals surface area contributed by atoms with E-state index in [9.17, 15) is 24.3 Å². The number of amidine groups is 1. The molecule has 1 aliphatic heterocycles. The van der Waals surface area contributed by atoms with E-state index in [0.29, 0.717) is 11.3 Å². The number of aryl methyl sites for hydroxylation is 1. The molecular weight excluding hydrogens is 502 g/mol. The van der Waals surface area contributed by atoms with Crippen LogP contribution < -0.4 is 21.9 Å². The standard InChI is InChI=1S/C24H23N5O5S2/c1-12-6-8-13(9-7-12)19(18-21(32)27-23(34)28-22(18)33)26-24-29-20(31)16(36-24)11-17(30)25-14-4-3-5-15(10-14)35-2/h3-10,16,19H,11H2,1-2H3,(H,25,30)(H,26,29,31)(H3,27,28,32,33,34)/t16-,19-/m0/s1. The number of rotatable bonds is 7. The van der Waals surface area contributed by atoms with Crippen LogP contribution in [0, 0.1) is 6.92 Å². The Balaban J connectivity index is 1.57. The molecule has 2 atom stereocenters. The summed E-state index contributed by atoms with van der Waals surface area (Å²) >= 11 is 2.61. The van der Waals surface area contributed by atoms with Gasteiger partial charge in [0.1, 0.15) is 16.9 Å². The highest BCUT2D eigenvalue weighted by Crippen LogP contribution is 2.32. The number of anilines is 1. The van der Waals surface area contributed by atoms with Crippen molar-refractivity contribution in [3.63, 3.8) is 0 Å². The van der Waals surface area contributed by atoms with Gasteiger partial charge in [0.2, 0.25) is 17.7 Å². The number of benzene rings is 2. The van der Waals surface area contributed by atoms with Gasteiger partial charge in [0.05, 0.1) is 0 Å². The van der Waals surface area contributed by atoms with Gasteiger partial charge in [-0.25, -0.2) is 9.79 Å². The van der Waals surface area contributed by atoms with Crippen LogP contribution in [0.2, 0.25) is 0 Å². The molecular formula is C24H23N5O5S2. The second kappa shape index (κ2) is 10.9. The molecule has 4 rings (SSSR count). The molecule has 0 radical (unpaired) electrons. The summed E-state index contributed by atoms with van der Waals surface area (Å²) in [6.45, 7) is 1.90. The van der Waals surface area contributed by atoms with Crippen LogP contribution in [0.25, 0.3) is 0 Å². The lowest BCUT2D eigenvalue weighted by Crippen LogP contribution is -2.29. The topological polar surface area (TPSA) is 157 Å². The van der Waals surface area contributed by atoms with E-state index in [1.165, 1.54) is 0 Å². The molecule has 1 saturated heterocycles. The summed E-state index contributed by atoms with van der Waals surface area (Å²) in [5.41, 5.74) is 0.346. The molecule has 0 spiro atoms. The zero-order valence-corrected chi connectivity index (χ0v) is 21.0. The first-order chi connectivity index (χ1) is 17.2. The van der Waals surface area contributed by atoms with Crippen molar-refractivity contribution in [2.75, 3.05) is 11.6 Å². The number of thioether (sulfide) groups is 2. The highest BCUT2D eigenvalue weighted by Gasteiger charge is 2.33. The number of amides is 2. The van der Waals surface area contributed by atoms with Crippen LogP contribution in [-0.2, 0) is 9.59 Å². The summed E-state index contributed by atoms with van der Waals surface area (Å²) in [4.78, 5) is 59.1. The minimum atomic E-state index is -1.02. The second-order valence-corrected chi connectivity index (χ2v) is 10.1. The summed E-state index contributed by atoms with van der Waals surface area (Å²) in [7, 11) is 0. The summed E-state index contributed by atoms with van der Waals surface area (Å²) in [6.07, 6.45) is 1.85. The third-order valence-electron chi connectivity index (χ3n) is 5.37. The summed E-state index contributed by atoms with van der Waals surface area (Å²) in [6, 6.07) is 13.5. The molecule has 1 fully saturated rings. The number of aromatic hydroxyl groups is 1. The number of aliphatic imine (C=N–C) groups is 1. The largest absolute Gasteiger partial charge is 0.494 e. The molecule has 5 N–H and O–H groups in total. The SMILES string of the molecule is CSc1cccc(NC(=O)C[C@@H]2SC(=N[C@@H](c3ccc(C)cc3)c3c(O)[nH]c(=O)[nH]c3=O)NC2=O)c1. The maximum absolute atomic E-state index is 12.6. The minimum Gasteiger partial charge on any atom is -0.494 e. The zero-order chi connectivity index (χ0) is 25.8. The molecule has 2 heterocycles. The Morgan fingerprint density at radius 1 is 1.17 bits per heavy atom. The molecule has 10 nitrogen and oxygen atoms in total. The molecule has 1 aliphatic rings. The third-order valence-corrected chi connectivity index (χ3v) is 7.19. The van der Waals surface area contributed by atoms with Crippen molar-refractivity contribution in [3.8, 4) is 5.88 Å². The van der Waals surface area contributed by atoms with Crippen LogP contribution in [0.1, 0.15) is 29.2 Å². The van der Waals surface area contributed by atoms with E-state index in [1.54, 1.807) is 30.0 Å². The van der Waals surface area contributed by atoms with E-state index in [0.717, 1.165) is 22.2 Å². The number of hydrogen-bond acceptors (Lipinski definition) is 8. The fourth-order valence-corrected chi connectivity index (χ4v) is 5.05. The van der Waals surface area contributed by atoms with Crippen molar-refractivity contribution in [1.29, 1.82) is 0 Å². The first kappa shape index (κ1) is 25.3. The fourth-order valence-electron chi connectivity index (χ4n) is 3.59. The molecule has 0 aliphatic carbocycles. The molecule has 3 aromatic rings. The molecule has 186 valence electrons. The summed E-state index contributed by atoms with van der Waals surface area (Å²) in [5.74, 6) is -1.34. The number of carbonyl (C=O) groups excluding carboxylic acids is 2. The van der Waals surface area contributed by atoms with E-state index in [2.05, 4.69) is 25.6 Å². The fraction of sp³-hybridized carbons (Fsp3) is 0.208. The van der Waals surface area contributed by atoms with Crippen molar-refractivity contribution < 1.29 is 14.7 Å². The Bertz CT molecular complexity index is 1450. The Hall–Kier alpha value is -3.77. The van der Waals surface area contributed by atoms with Crippen LogP contribution >= 0.6 is 23.5 Å². The van der Waals surface area contributed by atoms with Crippen molar-refractivity contribution in [2.24, 2.45) is 4.99 Å². The number of carbonyl (C=O) groups is 2. The third kappa shape index (κ3) is 5.89. The summed E-state index contributed by atoms with van der Waals surface area (Å²) < 4.78 is 0. The van der Waals surface area contributed by atoms with E-state index in [1.807, 2.05) is 43.5 Å². The van der Waals surface area contributed by atoms with Gasteiger partial charge in [-0.1, -0.05) is 47.7 Å². The highest BCUT2D eigenvalue weighted by atomic mass is 32.2. The number of nitrogens with one attached hydrogen (secondary N) is 4. The molecule has 2 aromatic carbocycles. The van der Waals surface area contributed by atoms with Crippen LogP contribution in [-0.4, -0.2) is 43.6 Å². The normalized spacial score (nSPS) is 17.1. The van der Waals surface area contributed by atoms with Gasteiger partial charge in [-0.2, -0.15) is 0 Å². The lowest BCUT2D eigenvalue weighted by molar-refractivity contribution is -0.122. The van der Waals surface area contributed by atoms with Crippen LogP contribution in [0.5, 0.6) is 5.88 Å². The van der Waals surface area contributed by atoms with Gasteiger partial charge in [-0.05, 0) is 36.9 Å². The molecule has 12 heteroatoms. The Morgan fingerprint density at radius 3 is 2.61 bits per heavy atom. The maximum Gasteiger partial charge on any atom is 0.328 e. The van der Waals surface area contributed by atoms with Crippen LogP contribution in [0.4, 0.5) is 5.69 Å². The number of nitrogens with zero attached hydrogens (tertiary/aromatic N) is 1. The lowest BCUT2D eigenvalue weighted by atomic mass is 10.00. The molecule has 0 bridgehead atoms. The smallest absolute Gasteiger partial charge is 0.328 e. The lowest BCUT2D eigenvalue weighted by Gasteiger charge is -2.14. The van der Waals surface area contributed by atoms with Crippen molar-refractivity contribution >= 4 is 46.2 Å². The minimum absolute atomic E-state index is 0.0846. The Kier molecular flexibility index (Phi) is 7.65. The average Bonchev–Trinajstić information content (AvgIpc) is 3.16. The molecule has 1 aromatic heterocycles. The van der Waals surface area contributed by atoms with E-state index >= 15 is 0 Å². The van der Waals surface area contributed by atoms with Gasteiger partial charge < -0.3 is 15.7 Å². The van der Waals surface area contributed by atoms with Gasteiger partial charge in [-0.3, -0.25) is 24.4 Å². The maximum atomic E-state index is 12.6. The van der Waals surface area contributed by atoms with Gasteiger partial charge in [0.25, 0.3) is 5.56 Å². The monoisotopic (exact) mass is 525 g/mol. The number of hydrogen-bond donors (Lipinski definition) is 5. The predicted octanol–water partition coefficient (Wildman–Crippen LogP) is 2.50. The average molecular weight is 526 g/mol. The molecule has 0 saturated carbocycles. The Labute approximate surface area is 214 Å². The van der Waals surface area contributed by atoms with Crippen LogP contribution in [0.3, 0.4) is 0 Å². The van der Waals surface area contributed by atoms with Crippen molar-refractivity contribution in [2.45, 2.75) is 29.5 Å². The number of aromatic nitrogens is 2. The zero-order valence-electron chi connectivity index (χ0n) is 19.3. The first-order valence-electron chi connectivity index (χ1n) is 10.8. The van der Waals surface area contributed by atoms with E-state index in [4.69, 9.17) is 0 Å². The quantitative estimate of drug-likeness (QED) is 0.297. The molecule has 2 amide bonds. The van der Waals surface area contributed by atoms with Crippen LogP contribution in [0.15, 0.2) is 68.0 Å². The van der Waals surface area contributed by atoms with E-state index < -0.39 is 34.3 Å². The molecule has 36 heavy (non-hydrogen) atoms. The second-order valence-electron chi connectivity index (χ2n) is 8.00. The van der Waals surface area contributed by atoms with E-state index in [-0.39, 0.29) is 23.1 Å². The highest BCUT2D eigenvalue weighted by molar-refractivity contribution is 8.15. The number of aromatic amines is 2. The van der Waals surface area contributed by atoms with Crippen molar-refractivity contribution in [1.82, 2.24) is 15.3 Å². The number of H-pyrrole nitrogens is 2. The Morgan fingerprint density at radius 2 is 1.92 bits per heavy atom. The predicted molar refractivity (Wildman–Crippen MR) is 141 cm³/mol. The first-order valence-corrected chi connectivity index (χ1v) is 12.9. The van der Waals surface area contributed by atoms with Gasteiger partial charge >= 0.3 is 5.69 Å². The summed E-state index contributed by atoms with van der Waals surface area (Å²) in [5, 5.41) is 15.3. The van der Waals surface area contributed by atoms with Gasteiger partial charge in [0.15, 0.2) is 5.17 Å². The van der Waals surface area contributed by atoms with Gasteiger partial charge in [0, 0.05) is 17.0 Å².